The second-order valence-corrected chi connectivity index (χ2v) is 13.8. The Labute approximate surface area is 332 Å². The molecular weight excluding hydrogens is 765 g/mol. The Kier molecular flexibility index (Phi) is 12.3. The number of fused-ring (bicyclic) bond motifs is 2. The number of methoxy groups -OCH3 is 1. The largest absolute Gasteiger partial charge is 0.497 e. The van der Waals surface area contributed by atoms with Crippen LogP contribution in [0.15, 0.2) is 75.0 Å². The van der Waals surface area contributed by atoms with Crippen LogP contribution in [0.3, 0.4) is 0 Å². The Morgan fingerprint density at radius 1 is 0.804 bits per heavy atom. The van der Waals surface area contributed by atoms with E-state index in [2.05, 4.69) is 10.2 Å². The smallest absolute Gasteiger partial charge is 0.336 e. The zero-order valence-electron chi connectivity index (χ0n) is 31.2. The highest BCUT2D eigenvalue weighted by atomic mass is 35.5. The van der Waals surface area contributed by atoms with Gasteiger partial charge in [-0.3, -0.25) is 43.2 Å². The number of benzene rings is 4. The summed E-state index contributed by atoms with van der Waals surface area (Å²) in [6, 6.07) is 15.9. The molecule has 0 unspecified atom stereocenters. The van der Waals surface area contributed by atoms with Crippen LogP contribution in [0.1, 0.15) is 33.6 Å². The molecule has 15 nitrogen and oxygen atoms in total. The van der Waals surface area contributed by atoms with Gasteiger partial charge in [-0.1, -0.05) is 12.1 Å². The van der Waals surface area contributed by atoms with Gasteiger partial charge in [0.15, 0.2) is 5.43 Å². The Morgan fingerprint density at radius 2 is 1.54 bits per heavy atom. The summed E-state index contributed by atoms with van der Waals surface area (Å²) in [5.41, 5.74) is 0.135. The fraction of sp³-hybridized carbons (Fsp3) is 0.308. The average Bonchev–Trinajstić information content (AvgIpc) is 3.15. The predicted octanol–water partition coefficient (Wildman–Crippen LogP) is 4.46. The molecule has 1 aliphatic heterocycles. The van der Waals surface area contributed by atoms with Gasteiger partial charge in [-0.05, 0) is 88.9 Å². The SMILES string of the molecule is COc1ccc2c(c1)c(=O)c1c(NCCCN(C)CCCN3C(=O)c4cccc5cc([N+](=O)[O-])cc(c45)C3=O)ccc3c(=O)n(CCN(C)C)c(=O)n2c31.Cl.Cl. The van der Waals surface area contributed by atoms with Crippen molar-refractivity contribution in [3.8, 4) is 5.75 Å². The first-order chi connectivity index (χ1) is 25.9. The van der Waals surface area contributed by atoms with Gasteiger partial charge >= 0.3 is 5.69 Å². The van der Waals surface area contributed by atoms with Gasteiger partial charge in [0.2, 0.25) is 0 Å². The molecule has 2 amide bonds. The van der Waals surface area contributed by atoms with Gasteiger partial charge in [-0.15, -0.1) is 24.8 Å². The van der Waals surface area contributed by atoms with Crippen molar-refractivity contribution in [2.24, 2.45) is 0 Å². The highest BCUT2D eigenvalue weighted by molar-refractivity contribution is 6.25. The number of pyridine rings is 1. The van der Waals surface area contributed by atoms with Crippen LogP contribution in [0.25, 0.3) is 38.0 Å². The summed E-state index contributed by atoms with van der Waals surface area (Å²) < 4.78 is 8.05. The van der Waals surface area contributed by atoms with Crippen molar-refractivity contribution in [3.05, 3.63) is 113 Å². The van der Waals surface area contributed by atoms with Crippen LogP contribution in [-0.4, -0.2) is 101 Å². The van der Waals surface area contributed by atoms with Crippen molar-refractivity contribution in [2.75, 3.05) is 66.3 Å². The maximum Gasteiger partial charge on any atom is 0.336 e. The molecule has 0 bridgehead atoms. The average molecular weight is 807 g/mol. The van der Waals surface area contributed by atoms with Gasteiger partial charge in [0.25, 0.3) is 23.1 Å². The number of carbonyl (C=O) groups is 2. The second-order valence-electron chi connectivity index (χ2n) is 13.8. The number of halogens is 2. The molecule has 2 aromatic heterocycles. The lowest BCUT2D eigenvalue weighted by atomic mass is 9.93. The number of likely N-dealkylation sites (N-methyl/N-ethyl adjacent to an activating group) is 1. The zero-order valence-corrected chi connectivity index (χ0v) is 32.8. The Bertz CT molecular complexity index is 2700. The highest BCUT2D eigenvalue weighted by Crippen LogP contribution is 2.34. The number of hydrogen-bond acceptors (Lipinski definition) is 11. The third-order valence-electron chi connectivity index (χ3n) is 10.1. The summed E-state index contributed by atoms with van der Waals surface area (Å²) in [6.45, 7) is 2.47. The number of nitrogens with one attached hydrogen (secondary N) is 1. The van der Waals surface area contributed by atoms with Crippen LogP contribution >= 0.6 is 24.8 Å². The van der Waals surface area contributed by atoms with E-state index in [0.717, 1.165) is 4.90 Å². The molecular formula is C39H41Cl2N7O8. The summed E-state index contributed by atoms with van der Waals surface area (Å²) in [5, 5.41) is 16.6. The molecule has 6 aromatic rings. The molecule has 0 aliphatic carbocycles. The zero-order chi connectivity index (χ0) is 38.4. The summed E-state index contributed by atoms with van der Waals surface area (Å²) in [6.07, 6.45) is 1.14. The van der Waals surface area contributed by atoms with E-state index >= 15 is 0 Å². The van der Waals surface area contributed by atoms with Gasteiger partial charge < -0.3 is 19.9 Å². The highest BCUT2D eigenvalue weighted by Gasteiger charge is 2.34. The molecule has 4 aromatic carbocycles. The van der Waals surface area contributed by atoms with Crippen molar-refractivity contribution in [1.29, 1.82) is 0 Å². The molecule has 3 heterocycles. The van der Waals surface area contributed by atoms with Gasteiger partial charge in [-0.25, -0.2) is 4.79 Å². The molecule has 0 fully saturated rings. The van der Waals surface area contributed by atoms with Crippen molar-refractivity contribution < 1.29 is 19.2 Å². The van der Waals surface area contributed by atoms with E-state index in [1.165, 1.54) is 28.2 Å². The molecule has 0 spiro atoms. The van der Waals surface area contributed by atoms with E-state index in [4.69, 9.17) is 4.74 Å². The van der Waals surface area contributed by atoms with E-state index in [-0.39, 0.29) is 70.9 Å². The summed E-state index contributed by atoms with van der Waals surface area (Å²) in [5.74, 6) is -0.511. The molecule has 0 radical (unpaired) electrons. The lowest BCUT2D eigenvalue weighted by molar-refractivity contribution is -0.384. The molecule has 0 saturated carbocycles. The number of hydrogen-bond donors (Lipinski definition) is 1. The van der Waals surface area contributed by atoms with Crippen molar-refractivity contribution in [2.45, 2.75) is 19.4 Å². The maximum atomic E-state index is 14.1. The number of imide groups is 1. The van der Waals surface area contributed by atoms with E-state index in [1.54, 1.807) is 48.5 Å². The maximum absolute atomic E-state index is 14.1. The van der Waals surface area contributed by atoms with Gasteiger partial charge in [0, 0.05) is 54.9 Å². The summed E-state index contributed by atoms with van der Waals surface area (Å²) in [4.78, 5) is 84.5. The van der Waals surface area contributed by atoms with E-state index in [0.29, 0.717) is 77.7 Å². The standard InChI is InChI=1S/C39H39N7O8.2ClH/c1-41(2)18-19-44-37(49)27-11-12-30(33-34(27)45(39(44)51)31-13-10-25(54-4)22-28(31)35(33)47)40-14-6-15-42(3)16-7-17-43-36(48)26-9-5-8-23-20-24(46(52)53)21-29(32(23)26)38(43)50;;/h5,8-13,20-22,40H,6-7,14-19H2,1-4H3;2*1H. The van der Waals surface area contributed by atoms with Crippen LogP contribution < -0.4 is 26.7 Å². The summed E-state index contributed by atoms with van der Waals surface area (Å²) >= 11 is 0. The molecule has 0 saturated heterocycles. The van der Waals surface area contributed by atoms with E-state index in [1.807, 2.05) is 26.0 Å². The number of aromatic nitrogens is 2. The van der Waals surface area contributed by atoms with Crippen LogP contribution in [0.4, 0.5) is 11.4 Å². The lowest BCUT2D eigenvalue weighted by Crippen LogP contribution is -2.41. The quantitative estimate of drug-likeness (QED) is 0.0412. The predicted molar refractivity (Wildman–Crippen MR) is 221 cm³/mol. The number of nitro groups is 1. The van der Waals surface area contributed by atoms with Crippen LogP contribution in [0.2, 0.25) is 0 Å². The van der Waals surface area contributed by atoms with Crippen molar-refractivity contribution in [1.82, 2.24) is 23.7 Å². The molecule has 0 atom stereocenters. The van der Waals surface area contributed by atoms with E-state index in [9.17, 15) is 34.1 Å². The van der Waals surface area contributed by atoms with E-state index < -0.39 is 28.0 Å². The molecule has 294 valence electrons. The number of anilines is 1. The third kappa shape index (κ3) is 7.25. The van der Waals surface area contributed by atoms with Crippen LogP contribution in [-0.2, 0) is 6.54 Å². The van der Waals surface area contributed by atoms with Crippen molar-refractivity contribution in [3.63, 3.8) is 0 Å². The number of ether oxygens (including phenoxy) is 1. The summed E-state index contributed by atoms with van der Waals surface area (Å²) in [7, 11) is 7.15. The number of amides is 2. The number of non-ortho nitro benzene ring substituents is 1. The number of nitrogens with zero attached hydrogens (tertiary/aromatic N) is 6. The van der Waals surface area contributed by atoms with Gasteiger partial charge in [-0.2, -0.15) is 0 Å². The number of carbonyl (C=O) groups excluding carboxylic acids is 2. The van der Waals surface area contributed by atoms with Crippen molar-refractivity contribution >= 4 is 86.0 Å². The van der Waals surface area contributed by atoms with Gasteiger partial charge in [0.05, 0.1) is 44.8 Å². The topological polar surface area (TPSA) is 169 Å². The Hall–Kier alpha value is -5.61. The van der Waals surface area contributed by atoms with Crippen LogP contribution in [0.5, 0.6) is 5.75 Å². The second kappa shape index (κ2) is 16.6. The van der Waals surface area contributed by atoms with Gasteiger partial charge in [0.1, 0.15) is 5.75 Å². The first-order valence-electron chi connectivity index (χ1n) is 17.6. The molecule has 7 rings (SSSR count). The van der Waals surface area contributed by atoms with Crippen LogP contribution in [0, 0.1) is 10.1 Å². The molecule has 17 heteroatoms. The Morgan fingerprint density at radius 3 is 2.25 bits per heavy atom. The monoisotopic (exact) mass is 805 g/mol. The first kappa shape index (κ1) is 41.6. The minimum atomic E-state index is -0.549. The fourth-order valence-electron chi connectivity index (χ4n) is 7.33. The molecule has 1 aliphatic rings. The Balaban J connectivity index is 0.00000300. The number of rotatable bonds is 14. The minimum Gasteiger partial charge on any atom is -0.497 e. The lowest BCUT2D eigenvalue weighted by Gasteiger charge is -2.27. The minimum absolute atomic E-state index is 0. The normalized spacial score (nSPS) is 12.6. The third-order valence-corrected chi connectivity index (χ3v) is 10.1. The number of nitro benzene ring substituents is 1. The first-order valence-corrected chi connectivity index (χ1v) is 17.6. The molecule has 56 heavy (non-hydrogen) atoms. The fourth-order valence-corrected chi connectivity index (χ4v) is 7.33. The molecule has 1 N–H and O–H groups in total.